The number of oxazole rings is 1. The minimum Gasteiger partial charge on any atom is -0.490 e. The van der Waals surface area contributed by atoms with Gasteiger partial charge >= 0.3 is 5.69 Å². The summed E-state index contributed by atoms with van der Waals surface area (Å²) in [4.78, 5) is 29.9. The zero-order valence-corrected chi connectivity index (χ0v) is 20.8. The molecule has 0 aliphatic rings. The second-order valence-electron chi connectivity index (χ2n) is 8.32. The Morgan fingerprint density at radius 3 is 2.50 bits per heavy atom. The van der Waals surface area contributed by atoms with E-state index >= 15 is 0 Å². The Morgan fingerprint density at radius 2 is 1.75 bits per heavy atom. The summed E-state index contributed by atoms with van der Waals surface area (Å²) in [6.45, 7) is 2.05. The van der Waals surface area contributed by atoms with Crippen LogP contribution in [-0.4, -0.2) is 27.7 Å². The summed E-state index contributed by atoms with van der Waals surface area (Å²) in [5.74, 6) is 0.0299. The van der Waals surface area contributed by atoms with Crippen molar-refractivity contribution in [3.8, 4) is 28.7 Å². The van der Waals surface area contributed by atoms with Gasteiger partial charge in [-0.05, 0) is 67.1 Å². The summed E-state index contributed by atoms with van der Waals surface area (Å²) < 4.78 is 31.2. The van der Waals surface area contributed by atoms with Crippen LogP contribution in [0.2, 0.25) is 0 Å². The molecule has 1 heterocycles. The molecule has 40 heavy (non-hydrogen) atoms. The van der Waals surface area contributed by atoms with E-state index in [4.69, 9.17) is 13.9 Å². The molecule has 5 rings (SSSR count). The van der Waals surface area contributed by atoms with Crippen molar-refractivity contribution in [1.29, 1.82) is 0 Å². The normalized spacial score (nSPS) is 11.2. The average Bonchev–Trinajstić information content (AvgIpc) is 3.36. The topological polar surface area (TPSA) is 143 Å². The highest BCUT2D eigenvalue weighted by molar-refractivity contribution is 5.85. The van der Waals surface area contributed by atoms with Crippen LogP contribution in [0.15, 0.2) is 88.3 Å². The molecule has 1 aromatic heterocycles. The minimum absolute atomic E-state index is 0.166. The molecule has 4 aromatic carbocycles. The lowest BCUT2D eigenvalue weighted by Gasteiger charge is -2.12. The third-order valence-corrected chi connectivity index (χ3v) is 5.68. The first-order valence-corrected chi connectivity index (χ1v) is 11.9. The van der Waals surface area contributed by atoms with Crippen molar-refractivity contribution >= 4 is 34.4 Å². The predicted molar refractivity (Wildman–Crippen MR) is 144 cm³/mol. The quantitative estimate of drug-likeness (QED) is 0.106. The molecule has 0 fully saturated rings. The molecule has 12 heteroatoms. The number of halogens is 1. The van der Waals surface area contributed by atoms with Crippen molar-refractivity contribution in [2.75, 3.05) is 6.61 Å². The molecule has 0 N–H and O–H groups in total. The fraction of sp³-hybridized carbons (Fsp3) is 0.0714. The first kappa shape index (κ1) is 26.0. The highest BCUT2D eigenvalue weighted by Crippen LogP contribution is 2.38. The molecule has 0 unspecified atom stereocenters. The lowest BCUT2D eigenvalue weighted by Crippen LogP contribution is -1.99. The van der Waals surface area contributed by atoms with E-state index in [9.17, 15) is 24.6 Å². The van der Waals surface area contributed by atoms with Gasteiger partial charge in [-0.25, -0.2) is 9.37 Å². The summed E-state index contributed by atoms with van der Waals surface area (Å²) in [5, 5.41) is 22.5. The standard InChI is InChI=1S/C28H19FN4O7/c1-2-38-27-13-17(7-10-26(27)39-25-12-9-19(32(34)35)15-23(25)33(36)37)16-30-18-8-11-24-22(14-18)31-28(40-24)20-5-3-4-6-21(20)29/h3-16H,2H2,1H3. The van der Waals surface area contributed by atoms with Gasteiger partial charge in [-0.1, -0.05) is 12.1 Å². The van der Waals surface area contributed by atoms with Crippen molar-refractivity contribution in [2.45, 2.75) is 6.92 Å². The van der Waals surface area contributed by atoms with Crippen LogP contribution in [0.5, 0.6) is 17.2 Å². The van der Waals surface area contributed by atoms with Crippen LogP contribution in [0, 0.1) is 26.0 Å². The first-order valence-electron chi connectivity index (χ1n) is 11.9. The number of hydrogen-bond acceptors (Lipinski definition) is 9. The number of hydrogen-bond donors (Lipinski definition) is 0. The average molecular weight is 542 g/mol. The van der Waals surface area contributed by atoms with Crippen molar-refractivity contribution in [3.63, 3.8) is 0 Å². The van der Waals surface area contributed by atoms with Gasteiger partial charge in [0.05, 0.1) is 33.8 Å². The third kappa shape index (κ3) is 5.45. The molecule has 0 bridgehead atoms. The van der Waals surface area contributed by atoms with Gasteiger partial charge in [0.2, 0.25) is 11.6 Å². The maximum atomic E-state index is 14.1. The first-order chi connectivity index (χ1) is 19.3. The summed E-state index contributed by atoms with van der Waals surface area (Å²) in [5.41, 5.74) is 1.48. The van der Waals surface area contributed by atoms with Crippen LogP contribution in [0.25, 0.3) is 22.6 Å². The molecule has 0 saturated heterocycles. The van der Waals surface area contributed by atoms with Crippen molar-refractivity contribution in [1.82, 2.24) is 4.98 Å². The van der Waals surface area contributed by atoms with Gasteiger partial charge in [0, 0.05) is 12.3 Å². The molecule has 11 nitrogen and oxygen atoms in total. The Bertz CT molecular complexity index is 1780. The SMILES string of the molecule is CCOc1cc(C=Nc2ccc3oc(-c4ccccc4F)nc3c2)ccc1Oc1ccc([N+](=O)[O-])cc1[N+](=O)[O-]. The van der Waals surface area contributed by atoms with Crippen LogP contribution in [0.1, 0.15) is 12.5 Å². The minimum atomic E-state index is -0.755. The van der Waals surface area contributed by atoms with E-state index < -0.39 is 27.0 Å². The second kappa shape index (κ2) is 11.0. The van der Waals surface area contributed by atoms with E-state index in [0.717, 1.165) is 12.1 Å². The number of rotatable bonds is 9. The van der Waals surface area contributed by atoms with Gasteiger partial charge in [-0.15, -0.1) is 0 Å². The second-order valence-corrected chi connectivity index (χ2v) is 8.32. The van der Waals surface area contributed by atoms with Crippen LogP contribution in [0.4, 0.5) is 21.5 Å². The molecule has 0 aliphatic heterocycles. The molecule has 0 saturated carbocycles. The highest BCUT2D eigenvalue weighted by Gasteiger charge is 2.22. The van der Waals surface area contributed by atoms with Crippen LogP contribution >= 0.6 is 0 Å². The fourth-order valence-corrected chi connectivity index (χ4v) is 3.82. The highest BCUT2D eigenvalue weighted by atomic mass is 19.1. The van der Waals surface area contributed by atoms with Gasteiger partial charge in [-0.2, -0.15) is 0 Å². The Morgan fingerprint density at radius 1 is 0.950 bits per heavy atom. The van der Waals surface area contributed by atoms with Gasteiger partial charge in [0.15, 0.2) is 17.1 Å². The number of ether oxygens (including phenoxy) is 2. The lowest BCUT2D eigenvalue weighted by atomic mass is 10.2. The number of nitrogens with zero attached hydrogens (tertiary/aromatic N) is 4. The molecular formula is C28H19FN4O7. The molecule has 0 amide bonds. The van der Waals surface area contributed by atoms with Crippen molar-refractivity contribution in [2.24, 2.45) is 4.99 Å². The number of nitro benzene ring substituents is 2. The van der Waals surface area contributed by atoms with Gasteiger partial charge in [0.1, 0.15) is 11.3 Å². The third-order valence-electron chi connectivity index (χ3n) is 5.68. The summed E-state index contributed by atoms with van der Waals surface area (Å²) >= 11 is 0. The number of benzene rings is 4. The zero-order chi connectivity index (χ0) is 28.2. The molecule has 0 atom stereocenters. The number of fused-ring (bicyclic) bond motifs is 1. The predicted octanol–water partition coefficient (Wildman–Crippen LogP) is 7.39. The number of aliphatic imine (C=N–C) groups is 1. The molecular weight excluding hydrogens is 523 g/mol. The number of nitro groups is 2. The van der Waals surface area contributed by atoms with Crippen molar-refractivity contribution < 1.29 is 28.1 Å². The van der Waals surface area contributed by atoms with Crippen molar-refractivity contribution in [3.05, 3.63) is 110 Å². The van der Waals surface area contributed by atoms with Crippen LogP contribution in [-0.2, 0) is 0 Å². The van der Waals surface area contributed by atoms with E-state index in [-0.39, 0.29) is 29.6 Å². The van der Waals surface area contributed by atoms with Crippen LogP contribution < -0.4 is 9.47 Å². The molecule has 200 valence electrons. The van der Waals surface area contributed by atoms with Gasteiger partial charge in [0.25, 0.3) is 5.69 Å². The summed E-state index contributed by atoms with van der Waals surface area (Å²) in [6.07, 6.45) is 1.58. The Balaban J connectivity index is 1.40. The monoisotopic (exact) mass is 542 g/mol. The Kier molecular flexibility index (Phi) is 7.14. The Hall–Kier alpha value is -5.65. The molecule has 0 spiro atoms. The van der Waals surface area contributed by atoms with Crippen LogP contribution in [0.3, 0.4) is 0 Å². The molecule has 0 radical (unpaired) electrons. The Labute approximate surface area is 225 Å². The van der Waals surface area contributed by atoms with E-state index in [1.165, 1.54) is 12.1 Å². The van der Waals surface area contributed by atoms with Gasteiger partial charge < -0.3 is 13.9 Å². The number of aromatic nitrogens is 1. The smallest absolute Gasteiger partial charge is 0.318 e. The largest absolute Gasteiger partial charge is 0.490 e. The fourth-order valence-electron chi connectivity index (χ4n) is 3.82. The van der Waals surface area contributed by atoms with E-state index in [1.54, 1.807) is 67.7 Å². The molecule has 0 aliphatic carbocycles. The number of non-ortho nitro benzene ring substituents is 1. The summed E-state index contributed by atoms with van der Waals surface area (Å²) in [7, 11) is 0. The van der Waals surface area contributed by atoms with E-state index in [0.29, 0.717) is 28.1 Å². The van der Waals surface area contributed by atoms with E-state index in [2.05, 4.69) is 9.98 Å². The maximum Gasteiger partial charge on any atom is 0.318 e. The summed E-state index contributed by atoms with van der Waals surface area (Å²) in [6, 6.07) is 19.3. The zero-order valence-electron chi connectivity index (χ0n) is 20.8. The molecule has 5 aromatic rings. The maximum absolute atomic E-state index is 14.1. The lowest BCUT2D eigenvalue weighted by molar-refractivity contribution is -0.394. The van der Waals surface area contributed by atoms with Gasteiger partial charge in [-0.3, -0.25) is 25.2 Å². The van der Waals surface area contributed by atoms with E-state index in [1.807, 2.05) is 0 Å².